The van der Waals surface area contributed by atoms with E-state index in [9.17, 15) is 4.39 Å². The molecule has 2 N–H and O–H groups in total. The Morgan fingerprint density at radius 2 is 2.28 bits per heavy atom. The van der Waals surface area contributed by atoms with E-state index >= 15 is 0 Å². The standard InChI is InChI=1S/C14H21FN2O/c1-10(16)11-5-6-14(13(15)8-11)17-7-3-4-12(9-17)18-2/h5-6,8,10,12H,3-4,7,9,16H2,1-2H3/t10-,12?/m0/s1. The third-order valence-electron chi connectivity index (χ3n) is 3.55. The minimum absolute atomic E-state index is 0.137. The number of anilines is 1. The van der Waals surface area contributed by atoms with Gasteiger partial charge in [0.05, 0.1) is 11.8 Å². The van der Waals surface area contributed by atoms with Crippen LogP contribution in [0.15, 0.2) is 18.2 Å². The summed E-state index contributed by atoms with van der Waals surface area (Å²) in [5.41, 5.74) is 7.24. The van der Waals surface area contributed by atoms with Crippen LogP contribution in [0.3, 0.4) is 0 Å². The lowest BCUT2D eigenvalue weighted by Gasteiger charge is -2.34. The van der Waals surface area contributed by atoms with Gasteiger partial charge in [-0.15, -0.1) is 0 Å². The smallest absolute Gasteiger partial charge is 0.146 e. The third kappa shape index (κ3) is 2.82. The summed E-state index contributed by atoms with van der Waals surface area (Å²) in [5.74, 6) is -0.193. The molecule has 100 valence electrons. The lowest BCUT2D eigenvalue weighted by atomic mass is 10.0. The second kappa shape index (κ2) is 5.67. The van der Waals surface area contributed by atoms with Crippen molar-refractivity contribution >= 4 is 5.69 Å². The highest BCUT2D eigenvalue weighted by molar-refractivity contribution is 5.50. The van der Waals surface area contributed by atoms with E-state index in [1.807, 2.05) is 19.1 Å². The Morgan fingerprint density at radius 1 is 1.50 bits per heavy atom. The molecule has 0 amide bonds. The maximum Gasteiger partial charge on any atom is 0.146 e. The predicted molar refractivity (Wildman–Crippen MR) is 71.2 cm³/mol. The van der Waals surface area contributed by atoms with Crippen LogP contribution in [-0.4, -0.2) is 26.3 Å². The average molecular weight is 252 g/mol. The van der Waals surface area contributed by atoms with Crippen LogP contribution in [0.5, 0.6) is 0 Å². The molecule has 2 rings (SSSR count). The second-order valence-electron chi connectivity index (χ2n) is 4.95. The van der Waals surface area contributed by atoms with Gasteiger partial charge in [-0.05, 0) is 37.5 Å². The number of piperidine rings is 1. The Morgan fingerprint density at radius 3 is 2.89 bits per heavy atom. The largest absolute Gasteiger partial charge is 0.380 e. The quantitative estimate of drug-likeness (QED) is 0.898. The van der Waals surface area contributed by atoms with Crippen molar-refractivity contribution in [1.82, 2.24) is 0 Å². The zero-order valence-corrected chi connectivity index (χ0v) is 11.0. The first-order chi connectivity index (χ1) is 8.61. The summed E-state index contributed by atoms with van der Waals surface area (Å²) >= 11 is 0. The molecule has 0 spiro atoms. The molecule has 4 heteroatoms. The van der Waals surface area contributed by atoms with Crippen LogP contribution in [0.4, 0.5) is 10.1 Å². The fourth-order valence-electron chi connectivity index (χ4n) is 2.41. The van der Waals surface area contributed by atoms with Gasteiger partial charge in [-0.3, -0.25) is 0 Å². The van der Waals surface area contributed by atoms with Gasteiger partial charge in [0.2, 0.25) is 0 Å². The second-order valence-corrected chi connectivity index (χ2v) is 4.95. The molecular formula is C14H21FN2O. The predicted octanol–water partition coefficient (Wildman–Crippen LogP) is 2.46. The Labute approximate surface area is 108 Å². The monoisotopic (exact) mass is 252 g/mol. The minimum atomic E-state index is -0.193. The van der Waals surface area contributed by atoms with Gasteiger partial charge in [-0.1, -0.05) is 6.07 Å². The summed E-state index contributed by atoms with van der Waals surface area (Å²) in [4.78, 5) is 2.05. The van der Waals surface area contributed by atoms with Crippen molar-refractivity contribution in [2.45, 2.75) is 31.9 Å². The fraction of sp³-hybridized carbons (Fsp3) is 0.571. The Hall–Kier alpha value is -1.13. The summed E-state index contributed by atoms with van der Waals surface area (Å²) in [7, 11) is 1.71. The van der Waals surface area contributed by atoms with Gasteiger partial charge < -0.3 is 15.4 Å². The summed E-state index contributed by atoms with van der Waals surface area (Å²) in [6.45, 7) is 3.50. The van der Waals surface area contributed by atoms with Crippen molar-refractivity contribution in [3.63, 3.8) is 0 Å². The van der Waals surface area contributed by atoms with Gasteiger partial charge in [0.25, 0.3) is 0 Å². The molecule has 2 atom stereocenters. The number of hydrogen-bond donors (Lipinski definition) is 1. The molecule has 1 heterocycles. The molecule has 0 aromatic heterocycles. The molecule has 0 aliphatic carbocycles. The highest BCUT2D eigenvalue weighted by atomic mass is 19.1. The Kier molecular flexibility index (Phi) is 4.19. The van der Waals surface area contributed by atoms with Crippen LogP contribution in [0.1, 0.15) is 31.4 Å². The van der Waals surface area contributed by atoms with Gasteiger partial charge >= 0.3 is 0 Å². The van der Waals surface area contributed by atoms with E-state index in [0.717, 1.165) is 31.5 Å². The van der Waals surface area contributed by atoms with Gasteiger partial charge in [0.15, 0.2) is 0 Å². The van der Waals surface area contributed by atoms with E-state index in [4.69, 9.17) is 10.5 Å². The van der Waals surface area contributed by atoms with Crippen molar-refractivity contribution in [3.05, 3.63) is 29.6 Å². The third-order valence-corrected chi connectivity index (χ3v) is 3.55. The lowest BCUT2D eigenvalue weighted by Crippen LogP contribution is -2.39. The van der Waals surface area contributed by atoms with Gasteiger partial charge in [-0.25, -0.2) is 4.39 Å². The van der Waals surface area contributed by atoms with Crippen molar-refractivity contribution < 1.29 is 9.13 Å². The van der Waals surface area contributed by atoms with E-state index in [0.29, 0.717) is 5.69 Å². The van der Waals surface area contributed by atoms with Gasteiger partial charge in [-0.2, -0.15) is 0 Å². The summed E-state index contributed by atoms with van der Waals surface area (Å²) < 4.78 is 19.4. The number of ether oxygens (including phenoxy) is 1. The molecule has 1 aliphatic heterocycles. The van der Waals surface area contributed by atoms with Gasteiger partial charge in [0, 0.05) is 26.2 Å². The Balaban J connectivity index is 2.17. The van der Waals surface area contributed by atoms with E-state index < -0.39 is 0 Å². The van der Waals surface area contributed by atoms with E-state index in [-0.39, 0.29) is 18.0 Å². The topological polar surface area (TPSA) is 38.5 Å². The van der Waals surface area contributed by atoms with Crippen molar-refractivity contribution in [3.8, 4) is 0 Å². The van der Waals surface area contributed by atoms with E-state index in [1.165, 1.54) is 6.07 Å². The molecule has 0 radical (unpaired) electrons. The maximum absolute atomic E-state index is 14.1. The van der Waals surface area contributed by atoms with Gasteiger partial charge in [0.1, 0.15) is 5.82 Å². The molecule has 0 bridgehead atoms. The molecular weight excluding hydrogens is 231 g/mol. The molecule has 0 saturated carbocycles. The number of halogens is 1. The van der Waals surface area contributed by atoms with E-state index in [2.05, 4.69) is 4.90 Å². The zero-order valence-electron chi connectivity index (χ0n) is 11.0. The molecule has 18 heavy (non-hydrogen) atoms. The van der Waals surface area contributed by atoms with Crippen LogP contribution in [0, 0.1) is 5.82 Å². The molecule has 1 saturated heterocycles. The highest BCUT2D eigenvalue weighted by Crippen LogP contribution is 2.26. The first-order valence-electron chi connectivity index (χ1n) is 6.44. The van der Waals surface area contributed by atoms with Crippen LogP contribution in [0.25, 0.3) is 0 Å². The number of nitrogens with zero attached hydrogens (tertiary/aromatic N) is 1. The SMILES string of the molecule is COC1CCCN(c2ccc([C@H](C)N)cc2F)C1. The molecule has 1 fully saturated rings. The number of rotatable bonds is 3. The average Bonchev–Trinajstić information content (AvgIpc) is 2.38. The number of hydrogen-bond acceptors (Lipinski definition) is 3. The van der Waals surface area contributed by atoms with E-state index in [1.54, 1.807) is 7.11 Å². The molecule has 3 nitrogen and oxygen atoms in total. The molecule has 1 aromatic carbocycles. The number of methoxy groups -OCH3 is 1. The molecule has 1 aromatic rings. The van der Waals surface area contributed by atoms with Crippen LogP contribution in [0.2, 0.25) is 0 Å². The maximum atomic E-state index is 14.1. The van der Waals surface area contributed by atoms with Crippen molar-refractivity contribution in [1.29, 1.82) is 0 Å². The van der Waals surface area contributed by atoms with Crippen molar-refractivity contribution in [2.24, 2.45) is 5.73 Å². The first-order valence-corrected chi connectivity index (χ1v) is 6.44. The normalized spacial score (nSPS) is 22.0. The Bertz CT molecular complexity index is 409. The minimum Gasteiger partial charge on any atom is -0.380 e. The molecule has 1 unspecified atom stereocenters. The first kappa shape index (κ1) is 13.3. The lowest BCUT2D eigenvalue weighted by molar-refractivity contribution is 0.0892. The van der Waals surface area contributed by atoms with Crippen LogP contribution < -0.4 is 10.6 Å². The zero-order chi connectivity index (χ0) is 13.1. The number of benzene rings is 1. The van der Waals surface area contributed by atoms with Crippen LogP contribution >= 0.6 is 0 Å². The van der Waals surface area contributed by atoms with Crippen molar-refractivity contribution in [2.75, 3.05) is 25.1 Å². The number of nitrogens with two attached hydrogens (primary N) is 1. The highest BCUT2D eigenvalue weighted by Gasteiger charge is 2.21. The summed E-state index contributed by atoms with van der Waals surface area (Å²) in [5, 5.41) is 0. The fourth-order valence-corrected chi connectivity index (χ4v) is 2.41. The summed E-state index contributed by atoms with van der Waals surface area (Å²) in [6.07, 6.45) is 2.28. The molecule has 1 aliphatic rings. The summed E-state index contributed by atoms with van der Waals surface area (Å²) in [6, 6.07) is 5.13. The van der Waals surface area contributed by atoms with Crippen LogP contribution in [-0.2, 0) is 4.74 Å².